The molecule has 0 aliphatic rings. The Balaban J connectivity index is 1.89. The lowest BCUT2D eigenvalue weighted by Gasteiger charge is -2.18. The molecule has 0 unspecified atom stereocenters. The molecule has 2 aromatic rings. The number of nitrogens with one attached hydrogen (secondary N) is 1. The molecule has 5 heteroatoms. The summed E-state index contributed by atoms with van der Waals surface area (Å²) in [5, 5.41) is 2.79. The van der Waals surface area contributed by atoms with Crippen molar-refractivity contribution in [3.05, 3.63) is 67.0 Å². The van der Waals surface area contributed by atoms with Crippen LogP contribution in [0.3, 0.4) is 0 Å². The van der Waals surface area contributed by atoms with Gasteiger partial charge in [0.25, 0.3) is 0 Å². The maximum Gasteiger partial charge on any atom is 0.321 e. The van der Waals surface area contributed by atoms with Gasteiger partial charge < -0.3 is 15.0 Å². The van der Waals surface area contributed by atoms with Crippen LogP contribution in [0.25, 0.3) is 0 Å². The maximum absolute atomic E-state index is 12.1. The Morgan fingerprint density at radius 3 is 2.77 bits per heavy atom. The topological polar surface area (TPSA) is 54.5 Å². The molecule has 0 aliphatic heterocycles. The highest BCUT2D eigenvalue weighted by Crippen LogP contribution is 2.14. The number of rotatable bonds is 6. The molecular weight excluding hydrogens is 278 g/mol. The average Bonchev–Trinajstić information content (AvgIpc) is 2.55. The fourth-order valence-electron chi connectivity index (χ4n) is 1.85. The van der Waals surface area contributed by atoms with E-state index in [1.54, 1.807) is 42.6 Å². The van der Waals surface area contributed by atoms with Crippen LogP contribution in [0.2, 0.25) is 0 Å². The summed E-state index contributed by atoms with van der Waals surface area (Å²) < 4.78 is 5.42. The molecule has 1 heterocycles. The van der Waals surface area contributed by atoms with Crippen molar-refractivity contribution in [2.75, 3.05) is 19.0 Å². The Kier molecular flexibility index (Phi) is 5.54. The van der Waals surface area contributed by atoms with Gasteiger partial charge in [-0.15, -0.1) is 0 Å². The molecule has 114 valence electrons. The largest absolute Gasteiger partial charge is 0.490 e. The molecule has 2 amide bonds. The minimum atomic E-state index is -0.181. The van der Waals surface area contributed by atoms with E-state index in [4.69, 9.17) is 4.74 Å². The molecule has 0 radical (unpaired) electrons. The van der Waals surface area contributed by atoms with Gasteiger partial charge in [-0.05, 0) is 29.8 Å². The number of urea groups is 1. The number of amides is 2. The van der Waals surface area contributed by atoms with Gasteiger partial charge in [-0.25, -0.2) is 4.79 Å². The van der Waals surface area contributed by atoms with Gasteiger partial charge >= 0.3 is 6.03 Å². The number of carbonyl (C=O) groups is 1. The second-order valence-electron chi connectivity index (χ2n) is 4.77. The molecular formula is C17H19N3O2. The number of hydrogen-bond acceptors (Lipinski definition) is 3. The van der Waals surface area contributed by atoms with Crippen LogP contribution < -0.4 is 10.1 Å². The summed E-state index contributed by atoms with van der Waals surface area (Å²) in [7, 11) is 1.74. The molecule has 1 aromatic heterocycles. The monoisotopic (exact) mass is 297 g/mol. The first-order chi connectivity index (χ1) is 10.7. The Morgan fingerprint density at radius 1 is 1.36 bits per heavy atom. The zero-order chi connectivity index (χ0) is 15.8. The molecule has 0 saturated heterocycles. The third-order valence-corrected chi connectivity index (χ3v) is 2.97. The number of nitrogens with zero attached hydrogens (tertiary/aromatic N) is 2. The highest BCUT2D eigenvalue weighted by molar-refractivity contribution is 5.88. The summed E-state index contributed by atoms with van der Waals surface area (Å²) in [6.07, 6.45) is 4.97. The standard InChI is InChI=1S/C17H19N3O2/c1-3-11-22-16-8-6-14(7-9-16)13-20(2)17(21)19-15-5-4-10-18-12-15/h3-10,12H,1,11,13H2,2H3,(H,19,21). The normalized spacial score (nSPS) is 9.86. The molecule has 0 aliphatic carbocycles. The Labute approximate surface area is 130 Å². The number of aromatic nitrogens is 1. The Bertz CT molecular complexity index is 612. The van der Waals surface area contributed by atoms with Crippen LogP contribution in [0, 0.1) is 0 Å². The third-order valence-electron chi connectivity index (χ3n) is 2.97. The zero-order valence-electron chi connectivity index (χ0n) is 12.5. The van der Waals surface area contributed by atoms with E-state index in [9.17, 15) is 4.79 Å². The van der Waals surface area contributed by atoms with Gasteiger partial charge in [-0.2, -0.15) is 0 Å². The molecule has 1 aromatic carbocycles. The summed E-state index contributed by atoms with van der Waals surface area (Å²) in [5.41, 5.74) is 1.70. The highest BCUT2D eigenvalue weighted by atomic mass is 16.5. The van der Waals surface area contributed by atoms with Gasteiger partial charge in [-0.1, -0.05) is 24.8 Å². The van der Waals surface area contributed by atoms with Crippen LogP contribution in [0.15, 0.2) is 61.4 Å². The summed E-state index contributed by atoms with van der Waals surface area (Å²) in [4.78, 5) is 17.6. The van der Waals surface area contributed by atoms with Crippen molar-refractivity contribution in [2.24, 2.45) is 0 Å². The van der Waals surface area contributed by atoms with Gasteiger partial charge in [0.2, 0.25) is 0 Å². The summed E-state index contributed by atoms with van der Waals surface area (Å²) in [6.45, 7) is 4.59. The van der Waals surface area contributed by atoms with Gasteiger partial charge in [0, 0.05) is 19.8 Å². The first-order valence-corrected chi connectivity index (χ1v) is 6.94. The van der Waals surface area contributed by atoms with Crippen molar-refractivity contribution in [1.29, 1.82) is 0 Å². The van der Waals surface area contributed by atoms with Crippen LogP contribution in [0.4, 0.5) is 10.5 Å². The number of benzene rings is 1. The lowest BCUT2D eigenvalue weighted by atomic mass is 10.2. The van der Waals surface area contributed by atoms with E-state index in [1.165, 1.54) is 0 Å². The second-order valence-corrected chi connectivity index (χ2v) is 4.77. The zero-order valence-corrected chi connectivity index (χ0v) is 12.5. The molecule has 0 atom stereocenters. The lowest BCUT2D eigenvalue weighted by molar-refractivity contribution is 0.220. The first-order valence-electron chi connectivity index (χ1n) is 6.94. The second kappa shape index (κ2) is 7.83. The van der Waals surface area contributed by atoms with Crippen LogP contribution >= 0.6 is 0 Å². The summed E-state index contributed by atoms with van der Waals surface area (Å²) >= 11 is 0. The lowest BCUT2D eigenvalue weighted by Crippen LogP contribution is -2.30. The van der Waals surface area contributed by atoms with Crippen molar-refractivity contribution in [3.8, 4) is 5.75 Å². The number of anilines is 1. The molecule has 22 heavy (non-hydrogen) atoms. The molecule has 0 fully saturated rings. The minimum Gasteiger partial charge on any atom is -0.490 e. The summed E-state index contributed by atoms with van der Waals surface area (Å²) in [5.74, 6) is 0.783. The number of pyridine rings is 1. The van der Waals surface area contributed by atoms with Crippen LogP contribution in [0.1, 0.15) is 5.56 Å². The Hall–Kier alpha value is -2.82. The van der Waals surface area contributed by atoms with Gasteiger partial charge in [0.1, 0.15) is 12.4 Å². The number of carbonyl (C=O) groups excluding carboxylic acids is 1. The molecule has 2 rings (SSSR count). The van der Waals surface area contributed by atoms with Crippen LogP contribution in [-0.4, -0.2) is 29.6 Å². The van der Waals surface area contributed by atoms with E-state index < -0.39 is 0 Å². The molecule has 0 bridgehead atoms. The fourth-order valence-corrected chi connectivity index (χ4v) is 1.85. The van der Waals surface area contributed by atoms with E-state index in [1.807, 2.05) is 24.3 Å². The smallest absolute Gasteiger partial charge is 0.321 e. The van der Waals surface area contributed by atoms with E-state index >= 15 is 0 Å². The first kappa shape index (κ1) is 15.6. The van der Waals surface area contributed by atoms with E-state index in [-0.39, 0.29) is 6.03 Å². The predicted octanol–water partition coefficient (Wildman–Crippen LogP) is 3.31. The quantitative estimate of drug-likeness (QED) is 0.832. The molecule has 0 saturated carbocycles. The van der Waals surface area contributed by atoms with Crippen molar-refractivity contribution < 1.29 is 9.53 Å². The third kappa shape index (κ3) is 4.63. The molecule has 5 nitrogen and oxygen atoms in total. The Morgan fingerprint density at radius 2 is 2.14 bits per heavy atom. The summed E-state index contributed by atoms with van der Waals surface area (Å²) in [6, 6.07) is 11.0. The van der Waals surface area contributed by atoms with Gasteiger partial charge in [0.05, 0.1) is 11.9 Å². The highest BCUT2D eigenvalue weighted by Gasteiger charge is 2.09. The molecule has 1 N–H and O–H groups in total. The average molecular weight is 297 g/mol. The minimum absolute atomic E-state index is 0.181. The predicted molar refractivity (Wildman–Crippen MR) is 86.9 cm³/mol. The van der Waals surface area contributed by atoms with Crippen molar-refractivity contribution in [1.82, 2.24) is 9.88 Å². The number of ether oxygens (including phenoxy) is 1. The van der Waals surface area contributed by atoms with E-state index in [0.29, 0.717) is 18.8 Å². The van der Waals surface area contributed by atoms with Crippen molar-refractivity contribution in [3.63, 3.8) is 0 Å². The SMILES string of the molecule is C=CCOc1ccc(CN(C)C(=O)Nc2cccnc2)cc1. The fraction of sp³-hybridized carbons (Fsp3) is 0.176. The number of hydrogen-bond donors (Lipinski definition) is 1. The maximum atomic E-state index is 12.1. The van der Waals surface area contributed by atoms with Gasteiger partial charge in [0.15, 0.2) is 0 Å². The van der Waals surface area contributed by atoms with Crippen molar-refractivity contribution in [2.45, 2.75) is 6.54 Å². The van der Waals surface area contributed by atoms with Crippen molar-refractivity contribution >= 4 is 11.7 Å². The van der Waals surface area contributed by atoms with E-state index in [2.05, 4.69) is 16.9 Å². The van der Waals surface area contributed by atoms with Crippen LogP contribution in [0.5, 0.6) is 5.75 Å². The van der Waals surface area contributed by atoms with Gasteiger partial charge in [-0.3, -0.25) is 4.98 Å². The van der Waals surface area contributed by atoms with Crippen LogP contribution in [-0.2, 0) is 6.54 Å². The van der Waals surface area contributed by atoms with E-state index in [0.717, 1.165) is 11.3 Å². The molecule has 0 spiro atoms.